The van der Waals surface area contributed by atoms with E-state index in [2.05, 4.69) is 10.5 Å². The van der Waals surface area contributed by atoms with Crippen molar-refractivity contribution in [2.24, 2.45) is 10.9 Å². The topological polar surface area (TPSA) is 100 Å². The van der Waals surface area contributed by atoms with Crippen molar-refractivity contribution in [1.29, 1.82) is 0 Å². The molecule has 1 rings (SSSR count). The maximum absolute atomic E-state index is 9.09. The first-order valence-corrected chi connectivity index (χ1v) is 6.58. The van der Waals surface area contributed by atoms with Gasteiger partial charge in [0.15, 0.2) is 0 Å². The van der Waals surface area contributed by atoms with E-state index in [1.807, 2.05) is 30.3 Å². The number of benzene rings is 1. The van der Waals surface area contributed by atoms with Gasteiger partial charge in [-0.15, -0.1) is 0 Å². The van der Waals surface area contributed by atoms with Gasteiger partial charge in [-0.3, -0.25) is 0 Å². The molecule has 2 atom stereocenters. The molecule has 6 heteroatoms. The van der Waals surface area contributed by atoms with Crippen LogP contribution in [0.1, 0.15) is 24.4 Å². The molecule has 0 spiro atoms. The lowest BCUT2D eigenvalue weighted by atomic mass is 10.0. The first-order valence-electron chi connectivity index (χ1n) is 6.58. The number of hydrogen-bond donors (Lipinski definition) is 4. The van der Waals surface area contributed by atoms with Crippen molar-refractivity contribution < 1.29 is 15.1 Å². The molecule has 0 aliphatic carbocycles. The van der Waals surface area contributed by atoms with E-state index in [1.54, 1.807) is 7.11 Å². The summed E-state index contributed by atoms with van der Waals surface area (Å²) in [4.78, 5) is 0. The summed E-state index contributed by atoms with van der Waals surface area (Å²) in [5, 5.41) is 24.2. The maximum Gasteiger partial charge on any atom is 0.141 e. The van der Waals surface area contributed by atoms with Crippen LogP contribution in [0.15, 0.2) is 35.5 Å². The summed E-state index contributed by atoms with van der Waals surface area (Å²) in [6.07, 6.45) is 0.958. The van der Waals surface area contributed by atoms with Crippen LogP contribution in [0.25, 0.3) is 0 Å². The molecule has 0 aliphatic rings. The molecule has 0 bridgehead atoms. The third kappa shape index (κ3) is 5.56. The average molecular weight is 281 g/mol. The van der Waals surface area contributed by atoms with E-state index in [4.69, 9.17) is 20.8 Å². The van der Waals surface area contributed by atoms with Crippen LogP contribution in [0, 0.1) is 0 Å². The fourth-order valence-electron chi connectivity index (χ4n) is 2.06. The Morgan fingerprint density at radius 1 is 1.40 bits per heavy atom. The van der Waals surface area contributed by atoms with Gasteiger partial charge in [0.2, 0.25) is 0 Å². The van der Waals surface area contributed by atoms with Crippen LogP contribution in [-0.2, 0) is 4.74 Å². The number of ether oxygens (including phenoxy) is 1. The molecule has 5 N–H and O–H groups in total. The van der Waals surface area contributed by atoms with Crippen LogP contribution < -0.4 is 11.1 Å². The highest BCUT2D eigenvalue weighted by Crippen LogP contribution is 2.18. The molecule has 2 unspecified atom stereocenters. The molecule has 1 aromatic rings. The second-order valence-electron chi connectivity index (χ2n) is 4.59. The van der Waals surface area contributed by atoms with E-state index in [0.29, 0.717) is 19.4 Å². The predicted octanol–water partition coefficient (Wildman–Crippen LogP) is 0.851. The van der Waals surface area contributed by atoms with Crippen molar-refractivity contribution in [2.45, 2.75) is 24.9 Å². The molecule has 0 fully saturated rings. The Morgan fingerprint density at radius 3 is 2.65 bits per heavy atom. The summed E-state index contributed by atoms with van der Waals surface area (Å²) in [5.41, 5.74) is 6.65. The van der Waals surface area contributed by atoms with Crippen LogP contribution >= 0.6 is 0 Å². The number of aliphatic hydroxyl groups is 1. The van der Waals surface area contributed by atoms with E-state index >= 15 is 0 Å². The fourth-order valence-corrected chi connectivity index (χ4v) is 2.06. The Morgan fingerprint density at radius 2 is 2.10 bits per heavy atom. The highest BCUT2D eigenvalue weighted by Gasteiger charge is 2.18. The Hall–Kier alpha value is -1.63. The molecule has 0 radical (unpaired) electrons. The number of oxime groups is 1. The summed E-state index contributed by atoms with van der Waals surface area (Å²) >= 11 is 0. The van der Waals surface area contributed by atoms with Gasteiger partial charge < -0.3 is 26.1 Å². The van der Waals surface area contributed by atoms with Gasteiger partial charge in [0.05, 0.1) is 6.61 Å². The second kappa shape index (κ2) is 9.30. The quantitative estimate of drug-likeness (QED) is 0.233. The normalized spacial score (nSPS) is 15.0. The Balaban J connectivity index is 2.81. The van der Waals surface area contributed by atoms with Gasteiger partial charge in [-0.1, -0.05) is 35.5 Å². The van der Waals surface area contributed by atoms with E-state index in [-0.39, 0.29) is 24.5 Å². The lowest BCUT2D eigenvalue weighted by molar-refractivity contribution is 0.142. The van der Waals surface area contributed by atoms with Gasteiger partial charge in [0.1, 0.15) is 5.84 Å². The second-order valence-corrected chi connectivity index (χ2v) is 4.59. The largest absolute Gasteiger partial charge is 0.409 e. The van der Waals surface area contributed by atoms with Crippen LogP contribution in [0.3, 0.4) is 0 Å². The van der Waals surface area contributed by atoms with Crippen molar-refractivity contribution in [3.05, 3.63) is 35.9 Å². The van der Waals surface area contributed by atoms with Crippen LogP contribution in [0.2, 0.25) is 0 Å². The molecule has 0 amide bonds. The zero-order valence-electron chi connectivity index (χ0n) is 11.7. The van der Waals surface area contributed by atoms with Crippen LogP contribution in [0.4, 0.5) is 0 Å². The molecule has 0 heterocycles. The number of rotatable bonds is 9. The van der Waals surface area contributed by atoms with Crippen molar-refractivity contribution in [3.63, 3.8) is 0 Å². The molecule has 1 aromatic carbocycles. The lowest BCUT2D eigenvalue weighted by Crippen LogP contribution is -2.38. The summed E-state index contributed by atoms with van der Waals surface area (Å²) in [5.74, 6) is 0.159. The zero-order chi connectivity index (χ0) is 14.8. The van der Waals surface area contributed by atoms with Gasteiger partial charge in [-0.2, -0.15) is 0 Å². The van der Waals surface area contributed by atoms with E-state index in [9.17, 15) is 0 Å². The molecular weight excluding hydrogens is 258 g/mol. The first kappa shape index (κ1) is 16.4. The van der Waals surface area contributed by atoms with E-state index in [0.717, 1.165) is 5.56 Å². The molecular formula is C14H23N3O3. The minimum Gasteiger partial charge on any atom is -0.409 e. The van der Waals surface area contributed by atoms with Gasteiger partial charge in [-0.25, -0.2) is 0 Å². The van der Waals surface area contributed by atoms with Crippen molar-refractivity contribution in [1.82, 2.24) is 5.32 Å². The average Bonchev–Trinajstić information content (AvgIpc) is 2.47. The molecule has 0 aromatic heterocycles. The Bertz CT molecular complexity index is 392. The number of amidine groups is 1. The summed E-state index contributed by atoms with van der Waals surface area (Å²) < 4.78 is 5.14. The van der Waals surface area contributed by atoms with Crippen LogP contribution in [0.5, 0.6) is 0 Å². The molecule has 0 saturated heterocycles. The molecule has 0 saturated carbocycles. The van der Waals surface area contributed by atoms with Crippen molar-refractivity contribution in [2.75, 3.05) is 20.3 Å². The standard InChI is InChI=1S/C14H23N3O3/c1-20-10-12(7-8-18)16-13(9-14(15)17-19)11-5-3-2-4-6-11/h2-6,12-13,16,18-19H,7-10H2,1H3,(H2,15,17). The molecule has 112 valence electrons. The fraction of sp³-hybridized carbons (Fsp3) is 0.500. The summed E-state index contributed by atoms with van der Waals surface area (Å²) in [7, 11) is 1.62. The SMILES string of the molecule is COCC(CCO)NC(C/C(N)=N/O)c1ccccc1. The Kier molecular flexibility index (Phi) is 7.64. The van der Waals surface area contributed by atoms with Crippen molar-refractivity contribution in [3.8, 4) is 0 Å². The predicted molar refractivity (Wildman–Crippen MR) is 77.7 cm³/mol. The highest BCUT2D eigenvalue weighted by molar-refractivity contribution is 5.80. The molecule has 6 nitrogen and oxygen atoms in total. The number of nitrogens with two attached hydrogens (primary N) is 1. The van der Waals surface area contributed by atoms with Gasteiger partial charge in [0.25, 0.3) is 0 Å². The summed E-state index contributed by atoms with van der Waals surface area (Å²) in [6.45, 7) is 0.562. The monoisotopic (exact) mass is 281 g/mol. The third-order valence-corrected chi connectivity index (χ3v) is 3.03. The smallest absolute Gasteiger partial charge is 0.141 e. The van der Waals surface area contributed by atoms with E-state index < -0.39 is 0 Å². The van der Waals surface area contributed by atoms with Crippen molar-refractivity contribution >= 4 is 5.84 Å². The van der Waals surface area contributed by atoms with Gasteiger partial charge in [0, 0.05) is 32.2 Å². The number of methoxy groups -OCH3 is 1. The van der Waals surface area contributed by atoms with Crippen LogP contribution in [-0.4, -0.2) is 42.5 Å². The minimum atomic E-state index is -0.0983. The number of aliphatic hydroxyl groups excluding tert-OH is 1. The molecule has 0 aliphatic heterocycles. The lowest BCUT2D eigenvalue weighted by Gasteiger charge is -2.25. The van der Waals surface area contributed by atoms with Gasteiger partial charge >= 0.3 is 0 Å². The number of nitrogens with zero attached hydrogens (tertiary/aromatic N) is 1. The zero-order valence-corrected chi connectivity index (χ0v) is 11.7. The molecule has 20 heavy (non-hydrogen) atoms. The first-order chi connectivity index (χ1) is 9.71. The summed E-state index contributed by atoms with van der Waals surface area (Å²) in [6, 6.07) is 9.67. The van der Waals surface area contributed by atoms with Gasteiger partial charge in [-0.05, 0) is 12.0 Å². The highest BCUT2D eigenvalue weighted by atomic mass is 16.5. The van der Waals surface area contributed by atoms with E-state index in [1.165, 1.54) is 0 Å². The maximum atomic E-state index is 9.09. The third-order valence-electron chi connectivity index (χ3n) is 3.03. The minimum absolute atomic E-state index is 0.00157. The number of hydrogen-bond acceptors (Lipinski definition) is 5. The Labute approximate surface area is 119 Å². The number of nitrogens with one attached hydrogen (secondary N) is 1.